The Labute approximate surface area is 126 Å². The van der Waals surface area contributed by atoms with E-state index >= 15 is 0 Å². The molecule has 0 radical (unpaired) electrons. The van der Waals surface area contributed by atoms with Crippen molar-refractivity contribution in [3.05, 3.63) is 58.6 Å². The summed E-state index contributed by atoms with van der Waals surface area (Å²) < 4.78 is 3.62. The maximum Gasteiger partial charge on any atom is 0.263 e. The molecule has 0 N–H and O–H groups in total. The number of fused-ring (bicyclic) bond motifs is 1. The molecule has 6 heteroatoms. The summed E-state index contributed by atoms with van der Waals surface area (Å²) in [6, 6.07) is 5.32. The Kier molecular flexibility index (Phi) is 3.75. The summed E-state index contributed by atoms with van der Waals surface area (Å²) in [5.41, 5.74) is 0.527. The van der Waals surface area contributed by atoms with E-state index in [-0.39, 0.29) is 11.6 Å². The number of nitrogens with zero attached hydrogens (tertiary/aromatic N) is 4. The predicted octanol–water partition coefficient (Wildman–Crippen LogP) is 2.90. The standard InChI is InChI=1S/C15H15ClN4O/c1-2-11(8-19-7-6-17-9-19)20-10-18-13-5-3-4-12(16)14(13)15(20)21/h3-7,9-11H,2,8H2,1H3/t11-/m1/s1. The van der Waals surface area contributed by atoms with Crippen molar-refractivity contribution >= 4 is 22.5 Å². The Balaban J connectivity index is 2.08. The number of halogens is 1. The fourth-order valence-corrected chi connectivity index (χ4v) is 2.70. The van der Waals surface area contributed by atoms with E-state index in [1.54, 1.807) is 41.6 Å². The first-order chi connectivity index (χ1) is 10.2. The van der Waals surface area contributed by atoms with Crippen LogP contribution in [0.5, 0.6) is 0 Å². The lowest BCUT2D eigenvalue weighted by Gasteiger charge is -2.18. The van der Waals surface area contributed by atoms with Gasteiger partial charge < -0.3 is 4.57 Å². The topological polar surface area (TPSA) is 52.7 Å². The maximum atomic E-state index is 12.7. The van der Waals surface area contributed by atoms with Crippen LogP contribution in [0.15, 0.2) is 48.0 Å². The summed E-state index contributed by atoms with van der Waals surface area (Å²) in [5.74, 6) is 0. The Hall–Kier alpha value is -2.14. The van der Waals surface area contributed by atoms with Crippen LogP contribution in [0.4, 0.5) is 0 Å². The molecule has 0 aliphatic rings. The van der Waals surface area contributed by atoms with Gasteiger partial charge in [-0.25, -0.2) is 9.97 Å². The van der Waals surface area contributed by atoms with Crippen molar-refractivity contribution in [2.75, 3.05) is 0 Å². The van der Waals surface area contributed by atoms with Crippen molar-refractivity contribution in [3.8, 4) is 0 Å². The highest BCUT2D eigenvalue weighted by molar-refractivity contribution is 6.35. The summed E-state index contributed by atoms with van der Waals surface area (Å²) in [6.07, 6.45) is 7.77. The number of hydrogen-bond acceptors (Lipinski definition) is 3. The fourth-order valence-electron chi connectivity index (χ4n) is 2.45. The summed E-state index contributed by atoms with van der Waals surface area (Å²) in [7, 11) is 0. The molecule has 0 amide bonds. The fraction of sp³-hybridized carbons (Fsp3) is 0.267. The van der Waals surface area contributed by atoms with Gasteiger partial charge in [-0.15, -0.1) is 0 Å². The van der Waals surface area contributed by atoms with Crippen LogP contribution in [0.1, 0.15) is 19.4 Å². The van der Waals surface area contributed by atoms with E-state index in [0.29, 0.717) is 22.5 Å². The zero-order valence-corrected chi connectivity index (χ0v) is 12.4. The molecule has 0 spiro atoms. The molecule has 0 aliphatic carbocycles. The summed E-state index contributed by atoms with van der Waals surface area (Å²) >= 11 is 6.16. The van der Waals surface area contributed by atoms with Crippen LogP contribution in [0, 0.1) is 0 Å². The number of rotatable bonds is 4. The average Bonchev–Trinajstić information content (AvgIpc) is 2.99. The average molecular weight is 303 g/mol. The highest BCUT2D eigenvalue weighted by Crippen LogP contribution is 2.19. The van der Waals surface area contributed by atoms with Gasteiger partial charge in [0.15, 0.2) is 0 Å². The van der Waals surface area contributed by atoms with Crippen LogP contribution in [0.25, 0.3) is 10.9 Å². The van der Waals surface area contributed by atoms with E-state index in [9.17, 15) is 4.79 Å². The van der Waals surface area contributed by atoms with Gasteiger partial charge in [0.25, 0.3) is 5.56 Å². The Morgan fingerprint density at radius 3 is 2.90 bits per heavy atom. The van der Waals surface area contributed by atoms with Gasteiger partial charge in [0, 0.05) is 18.9 Å². The van der Waals surface area contributed by atoms with Crippen LogP contribution in [-0.4, -0.2) is 19.1 Å². The van der Waals surface area contributed by atoms with Crippen molar-refractivity contribution in [2.24, 2.45) is 0 Å². The lowest BCUT2D eigenvalue weighted by molar-refractivity contribution is 0.406. The molecule has 0 saturated carbocycles. The van der Waals surface area contributed by atoms with Gasteiger partial charge >= 0.3 is 0 Å². The van der Waals surface area contributed by atoms with Gasteiger partial charge in [-0.1, -0.05) is 24.6 Å². The van der Waals surface area contributed by atoms with E-state index in [1.165, 1.54) is 0 Å². The first-order valence-electron chi connectivity index (χ1n) is 6.81. The van der Waals surface area contributed by atoms with E-state index in [2.05, 4.69) is 9.97 Å². The van der Waals surface area contributed by atoms with Gasteiger partial charge in [-0.3, -0.25) is 9.36 Å². The largest absolute Gasteiger partial charge is 0.335 e. The first kappa shape index (κ1) is 13.8. The molecular weight excluding hydrogens is 288 g/mol. The molecule has 0 aliphatic heterocycles. The van der Waals surface area contributed by atoms with Gasteiger partial charge in [-0.05, 0) is 18.6 Å². The second kappa shape index (κ2) is 5.69. The van der Waals surface area contributed by atoms with E-state index in [4.69, 9.17) is 11.6 Å². The highest BCUT2D eigenvalue weighted by Gasteiger charge is 2.14. The highest BCUT2D eigenvalue weighted by atomic mass is 35.5. The SMILES string of the molecule is CC[C@H](Cn1ccnc1)n1cnc2cccc(Cl)c2c1=O. The number of imidazole rings is 1. The van der Waals surface area contributed by atoms with Gasteiger partial charge in [0.1, 0.15) is 0 Å². The van der Waals surface area contributed by atoms with E-state index < -0.39 is 0 Å². The minimum Gasteiger partial charge on any atom is -0.335 e. The molecule has 1 atom stereocenters. The molecule has 1 aromatic carbocycles. The normalized spacial score (nSPS) is 12.7. The monoisotopic (exact) mass is 302 g/mol. The lowest BCUT2D eigenvalue weighted by Crippen LogP contribution is -2.27. The summed E-state index contributed by atoms with van der Waals surface area (Å²) in [4.78, 5) is 21.1. The lowest BCUT2D eigenvalue weighted by atomic mass is 10.2. The van der Waals surface area contributed by atoms with Crippen LogP contribution in [0.3, 0.4) is 0 Å². The molecule has 3 rings (SSSR count). The number of hydrogen-bond donors (Lipinski definition) is 0. The zero-order chi connectivity index (χ0) is 14.8. The van der Waals surface area contributed by atoms with Gasteiger partial charge in [0.2, 0.25) is 0 Å². The quantitative estimate of drug-likeness (QED) is 0.744. The van der Waals surface area contributed by atoms with Crippen molar-refractivity contribution in [3.63, 3.8) is 0 Å². The molecule has 0 fully saturated rings. The molecule has 21 heavy (non-hydrogen) atoms. The minimum absolute atomic E-state index is 0.0138. The predicted molar refractivity (Wildman–Crippen MR) is 82.6 cm³/mol. The smallest absolute Gasteiger partial charge is 0.263 e. The molecule has 5 nitrogen and oxygen atoms in total. The Morgan fingerprint density at radius 2 is 2.19 bits per heavy atom. The van der Waals surface area contributed by atoms with Crippen molar-refractivity contribution in [1.82, 2.24) is 19.1 Å². The van der Waals surface area contributed by atoms with Crippen LogP contribution < -0.4 is 5.56 Å². The first-order valence-corrected chi connectivity index (χ1v) is 7.19. The molecular formula is C15H15ClN4O. The van der Waals surface area contributed by atoms with Gasteiger partial charge in [-0.2, -0.15) is 0 Å². The van der Waals surface area contributed by atoms with E-state index in [0.717, 1.165) is 6.42 Å². The number of benzene rings is 1. The third-order valence-corrected chi connectivity index (χ3v) is 3.92. The summed E-state index contributed by atoms with van der Waals surface area (Å²) in [5, 5.41) is 0.919. The molecule has 0 bridgehead atoms. The van der Waals surface area contributed by atoms with E-state index in [1.807, 2.05) is 17.7 Å². The van der Waals surface area contributed by atoms with Crippen LogP contribution >= 0.6 is 11.6 Å². The second-order valence-corrected chi connectivity index (χ2v) is 5.32. The van der Waals surface area contributed by atoms with Gasteiger partial charge in [0.05, 0.1) is 34.6 Å². The van der Waals surface area contributed by atoms with Crippen LogP contribution in [-0.2, 0) is 6.54 Å². The van der Waals surface area contributed by atoms with Crippen molar-refractivity contribution in [1.29, 1.82) is 0 Å². The molecule has 3 aromatic rings. The second-order valence-electron chi connectivity index (χ2n) is 4.91. The minimum atomic E-state index is -0.0995. The molecule has 0 unspecified atom stereocenters. The Morgan fingerprint density at radius 1 is 1.33 bits per heavy atom. The third-order valence-electron chi connectivity index (χ3n) is 3.61. The molecule has 2 heterocycles. The van der Waals surface area contributed by atoms with Crippen molar-refractivity contribution < 1.29 is 0 Å². The zero-order valence-electron chi connectivity index (χ0n) is 11.6. The number of aromatic nitrogens is 4. The molecule has 0 saturated heterocycles. The van der Waals surface area contributed by atoms with Crippen molar-refractivity contribution in [2.45, 2.75) is 25.9 Å². The maximum absolute atomic E-state index is 12.7. The molecule has 108 valence electrons. The third kappa shape index (κ3) is 2.56. The Bertz CT molecular complexity index is 810. The van der Waals surface area contributed by atoms with Crippen LogP contribution in [0.2, 0.25) is 5.02 Å². The summed E-state index contributed by atoms with van der Waals surface area (Å²) in [6.45, 7) is 2.72. The molecule has 2 aromatic heterocycles.